The first-order valence-corrected chi connectivity index (χ1v) is 5.62. The number of carboxylic acid groups (broad SMARTS) is 1. The molecule has 3 nitrogen and oxygen atoms in total. The summed E-state index contributed by atoms with van der Waals surface area (Å²) in [4.78, 5) is 10.7. The van der Waals surface area contributed by atoms with E-state index in [2.05, 4.69) is 0 Å². The molecule has 4 heteroatoms. The third kappa shape index (κ3) is 2.36. The molecule has 86 valence electrons. The molecule has 0 heterocycles. The molecule has 0 aromatic heterocycles. The summed E-state index contributed by atoms with van der Waals surface area (Å²) in [5.74, 6) is -1.01. The van der Waals surface area contributed by atoms with Crippen LogP contribution in [0.1, 0.15) is 18.4 Å². The van der Waals surface area contributed by atoms with Crippen LogP contribution in [-0.4, -0.2) is 16.6 Å². The molecule has 1 aliphatic rings. The van der Waals surface area contributed by atoms with Crippen molar-refractivity contribution in [1.29, 1.82) is 0 Å². The second-order valence-electron chi connectivity index (χ2n) is 4.61. The number of nitrogens with two attached hydrogens (primary N) is 1. The van der Waals surface area contributed by atoms with Gasteiger partial charge in [0.15, 0.2) is 0 Å². The van der Waals surface area contributed by atoms with E-state index in [1.54, 1.807) is 0 Å². The van der Waals surface area contributed by atoms with Crippen molar-refractivity contribution >= 4 is 17.6 Å². The van der Waals surface area contributed by atoms with Crippen LogP contribution < -0.4 is 5.73 Å². The normalized spacial score (nSPS) is 28.5. The van der Waals surface area contributed by atoms with E-state index >= 15 is 0 Å². The van der Waals surface area contributed by atoms with Gasteiger partial charge < -0.3 is 10.8 Å². The molecule has 0 saturated heterocycles. The molecule has 16 heavy (non-hydrogen) atoms. The lowest BCUT2D eigenvalue weighted by atomic mass is 9.66. The number of halogens is 1. The van der Waals surface area contributed by atoms with Crippen molar-refractivity contribution in [1.82, 2.24) is 0 Å². The summed E-state index contributed by atoms with van der Waals surface area (Å²) in [6, 6.07) is 7.53. The summed E-state index contributed by atoms with van der Waals surface area (Å²) in [6.45, 7) is 0. The molecule has 1 aromatic rings. The highest BCUT2D eigenvalue weighted by atomic mass is 35.5. The second-order valence-corrected chi connectivity index (χ2v) is 5.05. The molecule has 1 saturated carbocycles. The minimum Gasteiger partial charge on any atom is -0.481 e. The maximum atomic E-state index is 10.7. The van der Waals surface area contributed by atoms with E-state index in [1.807, 2.05) is 24.3 Å². The average Bonchev–Trinajstić information content (AvgIpc) is 2.17. The van der Waals surface area contributed by atoms with Gasteiger partial charge >= 0.3 is 5.97 Å². The van der Waals surface area contributed by atoms with Crippen molar-refractivity contribution in [2.75, 3.05) is 0 Å². The zero-order valence-corrected chi connectivity index (χ0v) is 9.57. The van der Waals surface area contributed by atoms with Crippen LogP contribution in [-0.2, 0) is 11.2 Å². The van der Waals surface area contributed by atoms with Crippen LogP contribution in [0.4, 0.5) is 0 Å². The lowest BCUT2D eigenvalue weighted by Crippen LogP contribution is -2.55. The number of carboxylic acids is 1. The topological polar surface area (TPSA) is 63.3 Å². The van der Waals surface area contributed by atoms with Crippen LogP contribution in [0.5, 0.6) is 0 Å². The van der Waals surface area contributed by atoms with Gasteiger partial charge in [0.2, 0.25) is 0 Å². The summed E-state index contributed by atoms with van der Waals surface area (Å²) >= 11 is 5.79. The number of carbonyl (C=O) groups is 1. The maximum Gasteiger partial charge on any atom is 0.306 e. The molecule has 0 bridgehead atoms. The van der Waals surface area contributed by atoms with Gasteiger partial charge in [0, 0.05) is 10.6 Å². The largest absolute Gasteiger partial charge is 0.481 e. The van der Waals surface area contributed by atoms with Crippen LogP contribution in [0.2, 0.25) is 5.02 Å². The summed E-state index contributed by atoms with van der Waals surface area (Å²) in [6.07, 6.45) is 1.84. The van der Waals surface area contributed by atoms with Crippen LogP contribution >= 0.6 is 11.6 Å². The van der Waals surface area contributed by atoms with Crippen LogP contribution in [0.3, 0.4) is 0 Å². The number of hydrogen-bond donors (Lipinski definition) is 2. The SMILES string of the molecule is NC1(Cc2ccc(Cl)cc2)CC(C(=O)O)C1. The van der Waals surface area contributed by atoms with Gasteiger partial charge in [0.25, 0.3) is 0 Å². The van der Waals surface area contributed by atoms with E-state index in [-0.39, 0.29) is 11.5 Å². The number of rotatable bonds is 3. The number of hydrogen-bond acceptors (Lipinski definition) is 2. The molecule has 0 spiro atoms. The predicted molar refractivity (Wildman–Crippen MR) is 62.4 cm³/mol. The minimum atomic E-state index is -0.739. The Labute approximate surface area is 99.2 Å². The molecular formula is C12H14ClNO2. The highest BCUT2D eigenvalue weighted by molar-refractivity contribution is 6.30. The highest BCUT2D eigenvalue weighted by Crippen LogP contribution is 2.38. The van der Waals surface area contributed by atoms with Gasteiger partial charge in [0.05, 0.1) is 5.92 Å². The summed E-state index contributed by atoms with van der Waals surface area (Å²) in [7, 11) is 0. The fourth-order valence-corrected chi connectivity index (χ4v) is 2.38. The van der Waals surface area contributed by atoms with Crippen molar-refractivity contribution in [2.45, 2.75) is 24.8 Å². The lowest BCUT2D eigenvalue weighted by molar-refractivity contribution is -0.147. The maximum absolute atomic E-state index is 10.7. The Balaban J connectivity index is 1.96. The van der Waals surface area contributed by atoms with E-state index in [1.165, 1.54) is 0 Å². The van der Waals surface area contributed by atoms with E-state index in [0.29, 0.717) is 24.3 Å². The van der Waals surface area contributed by atoms with Crippen LogP contribution in [0, 0.1) is 5.92 Å². The number of aliphatic carboxylic acids is 1. The van der Waals surface area contributed by atoms with Gasteiger partial charge in [-0.3, -0.25) is 4.79 Å². The third-order valence-corrected chi connectivity index (χ3v) is 3.38. The van der Waals surface area contributed by atoms with Gasteiger partial charge in [-0.1, -0.05) is 23.7 Å². The molecule has 1 aromatic carbocycles. The molecule has 0 unspecified atom stereocenters. The van der Waals surface area contributed by atoms with Crippen molar-refractivity contribution in [3.8, 4) is 0 Å². The van der Waals surface area contributed by atoms with E-state index in [9.17, 15) is 4.79 Å². The van der Waals surface area contributed by atoms with E-state index in [0.717, 1.165) is 5.56 Å². The van der Waals surface area contributed by atoms with E-state index in [4.69, 9.17) is 22.4 Å². The van der Waals surface area contributed by atoms with Gasteiger partial charge in [0.1, 0.15) is 0 Å². The first-order chi connectivity index (χ1) is 7.48. The second kappa shape index (κ2) is 4.07. The lowest BCUT2D eigenvalue weighted by Gasteiger charge is -2.43. The minimum absolute atomic E-state index is 0.266. The Bertz CT molecular complexity index is 396. The van der Waals surface area contributed by atoms with Crippen LogP contribution in [0.25, 0.3) is 0 Å². The monoisotopic (exact) mass is 239 g/mol. The Morgan fingerprint density at radius 1 is 1.44 bits per heavy atom. The fourth-order valence-electron chi connectivity index (χ4n) is 2.25. The van der Waals surface area contributed by atoms with Crippen molar-refractivity contribution in [2.24, 2.45) is 11.7 Å². The van der Waals surface area contributed by atoms with Gasteiger partial charge in [-0.05, 0) is 37.0 Å². The van der Waals surface area contributed by atoms with E-state index < -0.39 is 5.97 Å². The fraction of sp³-hybridized carbons (Fsp3) is 0.417. The first-order valence-electron chi connectivity index (χ1n) is 5.25. The predicted octanol–water partition coefficient (Wildman–Crippen LogP) is 2.07. The molecule has 2 rings (SSSR count). The zero-order valence-electron chi connectivity index (χ0n) is 8.82. The summed E-state index contributed by atoms with van der Waals surface area (Å²) in [5.41, 5.74) is 6.86. The molecule has 3 N–H and O–H groups in total. The third-order valence-electron chi connectivity index (χ3n) is 3.12. The molecule has 1 aliphatic carbocycles. The van der Waals surface area contributed by atoms with Gasteiger partial charge in [-0.2, -0.15) is 0 Å². The summed E-state index contributed by atoms with van der Waals surface area (Å²) in [5, 5.41) is 9.50. The van der Waals surface area contributed by atoms with Crippen molar-refractivity contribution < 1.29 is 9.90 Å². The molecular weight excluding hydrogens is 226 g/mol. The molecule has 0 atom stereocenters. The quantitative estimate of drug-likeness (QED) is 0.849. The Hall–Kier alpha value is -1.06. The average molecular weight is 240 g/mol. The Kier molecular flexibility index (Phi) is 2.91. The Morgan fingerprint density at radius 2 is 2.00 bits per heavy atom. The van der Waals surface area contributed by atoms with Crippen molar-refractivity contribution in [3.63, 3.8) is 0 Å². The smallest absolute Gasteiger partial charge is 0.306 e. The first kappa shape index (κ1) is 11.4. The van der Waals surface area contributed by atoms with Gasteiger partial charge in [-0.25, -0.2) is 0 Å². The number of benzene rings is 1. The van der Waals surface area contributed by atoms with Crippen molar-refractivity contribution in [3.05, 3.63) is 34.9 Å². The standard InChI is InChI=1S/C12H14ClNO2/c13-10-3-1-8(2-4-10)5-12(14)6-9(7-12)11(15)16/h1-4,9H,5-7,14H2,(H,15,16). The van der Waals surface area contributed by atoms with Crippen LogP contribution in [0.15, 0.2) is 24.3 Å². The molecule has 1 fully saturated rings. The molecule has 0 aliphatic heterocycles. The highest BCUT2D eigenvalue weighted by Gasteiger charge is 2.44. The molecule has 0 radical (unpaired) electrons. The summed E-state index contributed by atoms with van der Waals surface area (Å²) < 4.78 is 0. The molecule has 0 amide bonds. The zero-order chi connectivity index (χ0) is 11.8. The Morgan fingerprint density at radius 3 is 2.50 bits per heavy atom. The van der Waals surface area contributed by atoms with Gasteiger partial charge in [-0.15, -0.1) is 0 Å².